The third kappa shape index (κ3) is 4.38. The fourth-order valence-electron chi connectivity index (χ4n) is 5.50. The Balaban J connectivity index is 1.76. The summed E-state index contributed by atoms with van der Waals surface area (Å²) in [5.74, 6) is -7.74. The number of fused-ring (bicyclic) bond motifs is 2. The van der Waals surface area contributed by atoms with Gasteiger partial charge in [0.05, 0.1) is 24.0 Å². The van der Waals surface area contributed by atoms with Crippen molar-refractivity contribution < 1.29 is 37.0 Å². The highest BCUT2D eigenvalue weighted by molar-refractivity contribution is 6.08. The molecule has 0 bridgehead atoms. The number of halogens is 3. The predicted octanol–water partition coefficient (Wildman–Crippen LogP) is 3.23. The molecule has 4 aliphatic rings. The van der Waals surface area contributed by atoms with Crippen LogP contribution < -0.4 is 19.9 Å². The molecule has 0 amide bonds. The number of benzene rings is 3. The summed E-state index contributed by atoms with van der Waals surface area (Å²) in [5.41, 5.74) is -5.69. The molecule has 0 unspecified atom stereocenters. The number of aromatic carboxylic acids is 1. The number of carbonyl (C=O) groups is 1. The Kier molecular flexibility index (Phi) is 7.04. The van der Waals surface area contributed by atoms with Crippen molar-refractivity contribution in [2.75, 3.05) is 45.0 Å². The number of hydrogen-bond donors (Lipinski definition) is 0. The van der Waals surface area contributed by atoms with Gasteiger partial charge in [-0.15, -0.1) is 0 Å². The van der Waals surface area contributed by atoms with Crippen molar-refractivity contribution in [2.24, 2.45) is 0 Å². The van der Waals surface area contributed by atoms with E-state index in [1.807, 2.05) is 0 Å². The van der Waals surface area contributed by atoms with Crippen LogP contribution in [0.2, 0.25) is 0 Å². The van der Waals surface area contributed by atoms with Crippen molar-refractivity contribution in [1.82, 2.24) is 4.58 Å². The molecule has 2 aromatic rings. The maximum atomic E-state index is 16.7. The van der Waals surface area contributed by atoms with Crippen molar-refractivity contribution in [1.29, 1.82) is 10.5 Å². The van der Waals surface area contributed by atoms with Gasteiger partial charge < -0.3 is 28.7 Å². The number of carboxylic acids is 1. The summed E-state index contributed by atoms with van der Waals surface area (Å²) in [4.78, 5) is 14.4. The zero-order valence-electron chi connectivity index (χ0n) is 22.9. The molecular weight excluding hydrogens is 565 g/mol. The number of anilines is 1. The summed E-state index contributed by atoms with van der Waals surface area (Å²) in [6.07, 6.45) is 2.00. The molecule has 1 aliphatic carbocycles. The standard InChI is InChI=1S/C31H23F3N4O5/c1-41-16-42-31(14-35,15-36)26-27(32)24(25(30(39)40)28(33)29(26)34)23-19-6-4-17(37-8-2-9-37)12-21(19)43-22-13-18(5-7-20(22)23)38-10-3-11-38/h4-7,12-13H,2-3,8-11,16H2,1H3. The number of nitriles is 2. The zero-order valence-corrected chi connectivity index (χ0v) is 22.9. The van der Waals surface area contributed by atoms with Gasteiger partial charge in [0.25, 0.3) is 5.60 Å². The Hall–Kier alpha value is -4.91. The lowest BCUT2D eigenvalue weighted by molar-refractivity contribution is -0.255. The Morgan fingerprint density at radius 1 is 1.05 bits per heavy atom. The minimum atomic E-state index is -3.02. The number of nitrogens with zero attached hydrogens (tertiary/aromatic N) is 4. The maximum absolute atomic E-state index is 16.7. The number of hydrogen-bond acceptors (Lipinski definition) is 8. The van der Waals surface area contributed by atoms with Crippen LogP contribution in [-0.2, 0) is 15.1 Å². The second-order valence-electron chi connectivity index (χ2n) is 10.3. The molecule has 9 nitrogen and oxygen atoms in total. The van der Waals surface area contributed by atoms with Gasteiger partial charge >= 0.3 is 0 Å². The fourth-order valence-corrected chi connectivity index (χ4v) is 5.50. The van der Waals surface area contributed by atoms with Gasteiger partial charge in [0.15, 0.2) is 11.6 Å². The van der Waals surface area contributed by atoms with Crippen LogP contribution in [0.25, 0.3) is 33.4 Å². The zero-order chi connectivity index (χ0) is 30.5. The van der Waals surface area contributed by atoms with Gasteiger partial charge in [-0.1, -0.05) is 0 Å². The first kappa shape index (κ1) is 28.2. The van der Waals surface area contributed by atoms with Gasteiger partial charge in [-0.25, -0.2) is 17.7 Å². The van der Waals surface area contributed by atoms with Gasteiger partial charge in [-0.3, -0.25) is 0 Å². The van der Waals surface area contributed by atoms with Crippen LogP contribution in [0.15, 0.2) is 40.8 Å². The first-order valence-electron chi connectivity index (χ1n) is 13.5. The lowest BCUT2D eigenvalue weighted by atomic mass is 9.85. The van der Waals surface area contributed by atoms with Gasteiger partial charge in [0.2, 0.25) is 5.36 Å². The van der Waals surface area contributed by atoms with Crippen molar-refractivity contribution >= 4 is 22.6 Å². The van der Waals surface area contributed by atoms with E-state index in [1.165, 1.54) is 12.1 Å². The number of methoxy groups -OCH3 is 1. The molecule has 12 heteroatoms. The lowest BCUT2D eigenvalue weighted by Crippen LogP contribution is -2.40. The van der Waals surface area contributed by atoms with E-state index in [2.05, 4.69) is 9.48 Å². The van der Waals surface area contributed by atoms with E-state index in [4.69, 9.17) is 13.9 Å². The second-order valence-corrected chi connectivity index (χ2v) is 10.3. The number of carbonyl (C=O) groups excluding carboxylic acids is 1. The lowest BCUT2D eigenvalue weighted by Gasteiger charge is -2.33. The molecule has 0 spiro atoms. The maximum Gasteiger partial charge on any atom is 0.275 e. The molecule has 0 atom stereocenters. The average Bonchev–Trinajstić information content (AvgIpc) is 2.93. The van der Waals surface area contributed by atoms with Gasteiger partial charge in [0, 0.05) is 65.7 Å². The quantitative estimate of drug-likeness (QED) is 0.140. The second kappa shape index (κ2) is 10.7. The first-order valence-corrected chi connectivity index (χ1v) is 13.5. The third-order valence-electron chi connectivity index (χ3n) is 7.97. The number of carboxylic acid groups (broad SMARTS) is 1. The van der Waals surface area contributed by atoms with E-state index in [0.29, 0.717) is 0 Å². The summed E-state index contributed by atoms with van der Waals surface area (Å²) in [7, 11) is 1.14. The Labute approximate surface area is 243 Å². The molecule has 0 aromatic heterocycles. The summed E-state index contributed by atoms with van der Waals surface area (Å²) < 4.78 is 66.1. The van der Waals surface area contributed by atoms with Gasteiger partial charge in [-0.2, -0.15) is 10.5 Å². The van der Waals surface area contributed by atoms with Crippen molar-refractivity contribution in [3.63, 3.8) is 0 Å². The summed E-state index contributed by atoms with van der Waals surface area (Å²) in [6, 6.07) is 12.8. The highest BCUT2D eigenvalue weighted by atomic mass is 19.2. The van der Waals surface area contributed by atoms with Gasteiger partial charge in [-0.05, 0) is 24.6 Å². The average molecular weight is 589 g/mol. The monoisotopic (exact) mass is 588 g/mol. The molecule has 3 heterocycles. The Morgan fingerprint density at radius 3 is 2.37 bits per heavy atom. The highest BCUT2D eigenvalue weighted by Gasteiger charge is 2.44. The molecule has 0 radical (unpaired) electrons. The Bertz CT molecular complexity index is 1920. The SMILES string of the molecule is COCOC(C#N)(C#N)c1c(F)c(F)c(C(=O)[O-])c(-c2c3ccc(=[N+]4CCC4)cc-3oc3cc(N4CCC4)ccc23)c1F. The van der Waals surface area contributed by atoms with Crippen LogP contribution >= 0.6 is 0 Å². The van der Waals surface area contributed by atoms with E-state index >= 15 is 13.2 Å². The van der Waals surface area contributed by atoms with E-state index < -0.39 is 52.5 Å². The Morgan fingerprint density at radius 2 is 1.79 bits per heavy atom. The van der Waals surface area contributed by atoms with Crippen LogP contribution in [-0.4, -0.2) is 46.1 Å². The van der Waals surface area contributed by atoms with Crippen molar-refractivity contribution in [2.45, 2.75) is 18.4 Å². The molecule has 2 aromatic carbocycles. The van der Waals surface area contributed by atoms with Crippen molar-refractivity contribution in [3.05, 3.63) is 70.3 Å². The highest BCUT2D eigenvalue weighted by Crippen LogP contribution is 2.46. The summed E-state index contributed by atoms with van der Waals surface area (Å²) in [6.45, 7) is 2.49. The number of ether oxygens (including phenoxy) is 2. The van der Waals surface area contributed by atoms with E-state index in [-0.39, 0.29) is 27.9 Å². The normalized spacial score (nSPS) is 14.7. The van der Waals surface area contributed by atoms with Crippen LogP contribution in [0.4, 0.5) is 18.9 Å². The molecule has 6 rings (SSSR count). The summed E-state index contributed by atoms with van der Waals surface area (Å²) >= 11 is 0. The first-order chi connectivity index (χ1) is 20.7. The van der Waals surface area contributed by atoms with Crippen LogP contribution in [0, 0.1) is 40.1 Å². The molecular formula is C31H23F3N4O5. The molecule has 2 saturated heterocycles. The molecule has 3 aliphatic heterocycles. The van der Waals surface area contributed by atoms with Crippen LogP contribution in [0.1, 0.15) is 28.8 Å². The summed E-state index contributed by atoms with van der Waals surface area (Å²) in [5, 5.41) is 33.0. The van der Waals surface area contributed by atoms with Crippen LogP contribution in [0.3, 0.4) is 0 Å². The minimum Gasteiger partial charge on any atom is -0.545 e. The van der Waals surface area contributed by atoms with E-state index in [1.54, 1.807) is 36.4 Å². The predicted molar refractivity (Wildman–Crippen MR) is 145 cm³/mol. The topological polar surface area (TPSA) is 126 Å². The minimum absolute atomic E-state index is 0.144. The number of rotatable bonds is 7. The molecule has 2 fully saturated rings. The van der Waals surface area contributed by atoms with Gasteiger partial charge in [0.1, 0.15) is 49.2 Å². The third-order valence-corrected chi connectivity index (χ3v) is 7.97. The molecule has 0 N–H and O–H groups in total. The fraction of sp³-hybridized carbons (Fsp3) is 0.290. The van der Waals surface area contributed by atoms with E-state index in [9.17, 15) is 20.4 Å². The molecule has 218 valence electrons. The van der Waals surface area contributed by atoms with Crippen molar-refractivity contribution in [3.8, 4) is 34.6 Å². The smallest absolute Gasteiger partial charge is 0.275 e. The molecule has 43 heavy (non-hydrogen) atoms. The van der Waals surface area contributed by atoms with Crippen LogP contribution in [0.5, 0.6) is 0 Å². The largest absolute Gasteiger partial charge is 0.545 e. The molecule has 0 saturated carbocycles. The van der Waals surface area contributed by atoms with E-state index in [0.717, 1.165) is 57.2 Å².